The first kappa shape index (κ1) is 21.9. The van der Waals surface area contributed by atoms with Crippen LogP contribution in [0, 0.1) is 13.8 Å². The van der Waals surface area contributed by atoms with Crippen LogP contribution in [-0.2, 0) is 20.0 Å². The van der Waals surface area contributed by atoms with Crippen molar-refractivity contribution in [1.82, 2.24) is 30.2 Å². The Balaban J connectivity index is 0.00000280. The van der Waals surface area contributed by atoms with Gasteiger partial charge >= 0.3 is 0 Å². The van der Waals surface area contributed by atoms with Crippen LogP contribution >= 0.6 is 24.0 Å². The summed E-state index contributed by atoms with van der Waals surface area (Å²) in [6.45, 7) is 5.55. The molecule has 3 aromatic rings. The van der Waals surface area contributed by atoms with Gasteiger partial charge in [-0.1, -0.05) is 18.2 Å². The number of hydrogen-bond donors (Lipinski definition) is 2. The van der Waals surface area contributed by atoms with Gasteiger partial charge in [0.1, 0.15) is 0 Å². The van der Waals surface area contributed by atoms with Crippen LogP contribution in [-0.4, -0.2) is 39.1 Å². The van der Waals surface area contributed by atoms with Gasteiger partial charge in [0.2, 0.25) is 0 Å². The SMILES string of the molecule is CN=C(NCCc1cnn(C)c1)NCc1ccccc1-n1nc(C)cc1C.I. The number of para-hydroxylation sites is 1. The molecular weight excluding hydrogens is 465 g/mol. The summed E-state index contributed by atoms with van der Waals surface area (Å²) in [5.74, 6) is 0.780. The number of hydrogen-bond acceptors (Lipinski definition) is 3. The molecule has 2 heterocycles. The zero-order chi connectivity index (χ0) is 19.2. The largest absolute Gasteiger partial charge is 0.356 e. The maximum atomic E-state index is 4.61. The van der Waals surface area contributed by atoms with Gasteiger partial charge in [0.05, 0.1) is 17.6 Å². The molecule has 28 heavy (non-hydrogen) atoms. The monoisotopic (exact) mass is 493 g/mol. The van der Waals surface area contributed by atoms with Gasteiger partial charge in [0, 0.05) is 39.1 Å². The smallest absolute Gasteiger partial charge is 0.191 e. The van der Waals surface area contributed by atoms with E-state index >= 15 is 0 Å². The molecule has 0 unspecified atom stereocenters. The number of aliphatic imine (C=N–C) groups is 1. The second kappa shape index (κ2) is 10.3. The Morgan fingerprint density at radius 2 is 1.96 bits per heavy atom. The van der Waals surface area contributed by atoms with Crippen molar-refractivity contribution in [3.05, 3.63) is 65.2 Å². The number of nitrogens with zero attached hydrogens (tertiary/aromatic N) is 5. The molecule has 1 aromatic carbocycles. The Bertz CT molecular complexity index is 926. The predicted octanol–water partition coefficient (Wildman–Crippen LogP) is 2.75. The lowest BCUT2D eigenvalue weighted by atomic mass is 10.1. The highest BCUT2D eigenvalue weighted by atomic mass is 127. The first-order valence-electron chi connectivity index (χ1n) is 9.10. The van der Waals surface area contributed by atoms with E-state index < -0.39 is 0 Å². The van der Waals surface area contributed by atoms with Crippen LogP contribution in [0.1, 0.15) is 22.5 Å². The van der Waals surface area contributed by atoms with Gasteiger partial charge in [0.25, 0.3) is 0 Å². The first-order valence-corrected chi connectivity index (χ1v) is 9.10. The predicted molar refractivity (Wildman–Crippen MR) is 124 cm³/mol. The molecule has 0 amide bonds. The number of nitrogens with one attached hydrogen (secondary N) is 2. The van der Waals surface area contributed by atoms with Crippen molar-refractivity contribution in [2.75, 3.05) is 13.6 Å². The molecule has 0 aliphatic heterocycles. The zero-order valence-corrected chi connectivity index (χ0v) is 19.1. The minimum Gasteiger partial charge on any atom is -0.356 e. The third kappa shape index (κ3) is 5.57. The van der Waals surface area contributed by atoms with Crippen LogP contribution in [0.4, 0.5) is 0 Å². The Kier molecular flexibility index (Phi) is 8.04. The van der Waals surface area contributed by atoms with Crippen LogP contribution < -0.4 is 10.6 Å². The summed E-state index contributed by atoms with van der Waals surface area (Å²) in [6, 6.07) is 10.4. The second-order valence-corrected chi connectivity index (χ2v) is 6.59. The summed E-state index contributed by atoms with van der Waals surface area (Å²) in [5, 5.41) is 15.5. The molecule has 0 atom stereocenters. The standard InChI is InChI=1S/C20H27N7.HI/c1-15-11-16(2)27(25-15)19-8-6-5-7-18(19)13-23-20(21-3)22-10-9-17-12-24-26(4)14-17;/h5-8,11-12,14H,9-10,13H2,1-4H3,(H2,21,22,23);1H. The molecule has 0 saturated carbocycles. The fourth-order valence-electron chi connectivity index (χ4n) is 3.07. The zero-order valence-electron chi connectivity index (χ0n) is 16.8. The molecule has 0 bridgehead atoms. The molecule has 0 radical (unpaired) electrons. The molecule has 7 nitrogen and oxygen atoms in total. The summed E-state index contributed by atoms with van der Waals surface area (Å²) < 4.78 is 3.81. The van der Waals surface area contributed by atoms with Gasteiger partial charge < -0.3 is 10.6 Å². The van der Waals surface area contributed by atoms with Crippen molar-refractivity contribution in [3.8, 4) is 5.69 Å². The van der Waals surface area contributed by atoms with Gasteiger partial charge in [-0.05, 0) is 43.5 Å². The van der Waals surface area contributed by atoms with Gasteiger partial charge in [0.15, 0.2) is 5.96 Å². The van der Waals surface area contributed by atoms with Crippen molar-refractivity contribution in [1.29, 1.82) is 0 Å². The van der Waals surface area contributed by atoms with E-state index in [1.54, 1.807) is 7.05 Å². The summed E-state index contributed by atoms with van der Waals surface area (Å²) in [5.41, 5.74) is 5.60. The average molecular weight is 493 g/mol. The second-order valence-electron chi connectivity index (χ2n) is 6.59. The van der Waals surface area contributed by atoms with E-state index in [-0.39, 0.29) is 24.0 Å². The van der Waals surface area contributed by atoms with Crippen LogP contribution in [0.2, 0.25) is 0 Å². The highest BCUT2D eigenvalue weighted by Gasteiger charge is 2.09. The molecule has 8 heteroatoms. The maximum Gasteiger partial charge on any atom is 0.191 e. The van der Waals surface area contributed by atoms with Crippen molar-refractivity contribution >= 4 is 29.9 Å². The summed E-state index contributed by atoms with van der Waals surface area (Å²) >= 11 is 0. The first-order chi connectivity index (χ1) is 13.1. The molecule has 0 aliphatic rings. The number of halogens is 1. The molecule has 150 valence electrons. The maximum absolute atomic E-state index is 4.61. The molecule has 0 fully saturated rings. The Hall–Kier alpha value is -2.36. The fourth-order valence-corrected chi connectivity index (χ4v) is 3.07. The average Bonchev–Trinajstić information content (AvgIpc) is 3.22. The topological polar surface area (TPSA) is 72.1 Å². The normalized spacial score (nSPS) is 11.2. The molecule has 0 aliphatic carbocycles. The molecule has 3 rings (SSSR count). The molecule has 2 N–H and O–H groups in total. The van der Waals surface area contributed by atoms with Crippen molar-refractivity contribution in [3.63, 3.8) is 0 Å². The van der Waals surface area contributed by atoms with Gasteiger partial charge in [-0.3, -0.25) is 9.67 Å². The number of aryl methyl sites for hydroxylation is 3. The minimum atomic E-state index is 0. The van der Waals surface area contributed by atoms with Gasteiger partial charge in [-0.2, -0.15) is 10.2 Å². The van der Waals surface area contributed by atoms with E-state index in [1.165, 1.54) is 11.1 Å². The Labute approximate surface area is 183 Å². The molecule has 2 aromatic heterocycles. The van der Waals surface area contributed by atoms with E-state index in [1.807, 2.05) is 47.9 Å². The lowest BCUT2D eigenvalue weighted by Gasteiger charge is -2.15. The van der Waals surface area contributed by atoms with Crippen molar-refractivity contribution < 1.29 is 0 Å². The van der Waals surface area contributed by atoms with Crippen molar-refractivity contribution in [2.24, 2.45) is 12.0 Å². The van der Waals surface area contributed by atoms with E-state index in [4.69, 9.17) is 0 Å². The third-order valence-corrected chi connectivity index (χ3v) is 4.36. The van der Waals surface area contributed by atoms with E-state index in [0.29, 0.717) is 6.54 Å². The van der Waals surface area contributed by atoms with E-state index in [2.05, 4.69) is 50.9 Å². The number of aromatic nitrogens is 4. The molecule has 0 spiro atoms. The van der Waals surface area contributed by atoms with Crippen LogP contribution in [0.15, 0.2) is 47.7 Å². The lowest BCUT2D eigenvalue weighted by molar-refractivity contribution is 0.763. The number of rotatable bonds is 6. The summed E-state index contributed by atoms with van der Waals surface area (Å²) in [4.78, 5) is 4.31. The minimum absolute atomic E-state index is 0. The van der Waals surface area contributed by atoms with Crippen LogP contribution in [0.5, 0.6) is 0 Å². The molecule has 0 saturated heterocycles. The molecular formula is C20H28IN7. The van der Waals surface area contributed by atoms with E-state index in [9.17, 15) is 0 Å². The van der Waals surface area contributed by atoms with Gasteiger partial charge in [-0.25, -0.2) is 4.68 Å². The van der Waals surface area contributed by atoms with Crippen LogP contribution in [0.3, 0.4) is 0 Å². The van der Waals surface area contributed by atoms with Crippen LogP contribution in [0.25, 0.3) is 5.69 Å². The summed E-state index contributed by atoms with van der Waals surface area (Å²) in [6.07, 6.45) is 4.82. The number of benzene rings is 1. The quantitative estimate of drug-likeness (QED) is 0.315. The highest BCUT2D eigenvalue weighted by molar-refractivity contribution is 14.0. The Morgan fingerprint density at radius 3 is 2.61 bits per heavy atom. The highest BCUT2D eigenvalue weighted by Crippen LogP contribution is 2.16. The van der Waals surface area contributed by atoms with E-state index in [0.717, 1.165) is 36.0 Å². The van der Waals surface area contributed by atoms with Crippen molar-refractivity contribution in [2.45, 2.75) is 26.8 Å². The third-order valence-electron chi connectivity index (χ3n) is 4.36. The van der Waals surface area contributed by atoms with Gasteiger partial charge in [-0.15, -0.1) is 24.0 Å². The lowest BCUT2D eigenvalue weighted by Crippen LogP contribution is -2.38. The Morgan fingerprint density at radius 1 is 1.18 bits per heavy atom. The summed E-state index contributed by atoms with van der Waals surface area (Å²) in [7, 11) is 3.71. The fraction of sp³-hybridized carbons (Fsp3) is 0.350. The number of guanidine groups is 1.